The molecule has 1 saturated carbocycles. The van der Waals surface area contributed by atoms with Gasteiger partial charge in [-0.3, -0.25) is 14.9 Å². The van der Waals surface area contributed by atoms with Gasteiger partial charge < -0.3 is 4.90 Å². The molecule has 1 atom stereocenters. The molecule has 3 heterocycles. The molecule has 0 radical (unpaired) electrons. The Morgan fingerprint density at radius 2 is 2.18 bits per heavy atom. The predicted octanol–water partition coefficient (Wildman–Crippen LogP) is 2.44. The lowest BCUT2D eigenvalue weighted by Gasteiger charge is -2.34. The molecule has 1 aliphatic carbocycles. The first-order valence-electron chi connectivity index (χ1n) is 7.96. The summed E-state index contributed by atoms with van der Waals surface area (Å²) in [6.45, 7) is 0.762. The van der Waals surface area contributed by atoms with E-state index >= 15 is 0 Å². The number of H-pyrrole nitrogens is 1. The average molecular weight is 297 g/mol. The van der Waals surface area contributed by atoms with Crippen LogP contribution in [0.4, 0.5) is 0 Å². The fourth-order valence-corrected chi connectivity index (χ4v) is 3.08. The van der Waals surface area contributed by atoms with E-state index in [1.54, 1.807) is 18.5 Å². The van der Waals surface area contributed by atoms with Crippen LogP contribution in [0.2, 0.25) is 0 Å². The number of nitrogens with zero attached hydrogens (tertiary/aromatic N) is 4. The summed E-state index contributed by atoms with van der Waals surface area (Å²) >= 11 is 0. The number of hydrogen-bond donors (Lipinski definition) is 1. The molecular formula is C16H19N5O. The number of aromatic nitrogens is 4. The molecular weight excluding hydrogens is 278 g/mol. The van der Waals surface area contributed by atoms with Gasteiger partial charge in [0.1, 0.15) is 5.82 Å². The minimum Gasteiger partial charge on any atom is -0.328 e. The molecule has 2 aromatic heterocycles. The van der Waals surface area contributed by atoms with Crippen LogP contribution in [0.3, 0.4) is 0 Å². The normalized spacial score (nSPS) is 21.8. The number of carbonyl (C=O) groups excluding carboxylic acids is 1. The van der Waals surface area contributed by atoms with Crippen molar-refractivity contribution in [2.24, 2.45) is 0 Å². The molecule has 6 heteroatoms. The molecule has 1 amide bonds. The van der Waals surface area contributed by atoms with Crippen molar-refractivity contribution in [3.63, 3.8) is 0 Å². The Kier molecular flexibility index (Phi) is 3.36. The zero-order valence-corrected chi connectivity index (χ0v) is 12.4. The molecule has 1 N–H and O–H groups in total. The highest BCUT2D eigenvalue weighted by Gasteiger charge is 2.33. The summed E-state index contributed by atoms with van der Waals surface area (Å²) in [5.74, 6) is 2.30. The second-order valence-corrected chi connectivity index (χ2v) is 6.10. The lowest BCUT2D eigenvalue weighted by atomic mass is 10.0. The van der Waals surface area contributed by atoms with Crippen LogP contribution in [0.5, 0.6) is 0 Å². The third-order valence-electron chi connectivity index (χ3n) is 4.45. The molecule has 4 rings (SSSR count). The zero-order valence-electron chi connectivity index (χ0n) is 12.4. The maximum atomic E-state index is 12.8. The van der Waals surface area contributed by atoms with Crippen LogP contribution in [-0.2, 0) is 0 Å². The third-order valence-corrected chi connectivity index (χ3v) is 4.45. The number of aromatic amines is 1. The minimum absolute atomic E-state index is 0.00135. The Balaban J connectivity index is 1.59. The molecule has 6 nitrogen and oxygen atoms in total. The number of likely N-dealkylation sites (tertiary alicyclic amines) is 1. The fraction of sp³-hybridized carbons (Fsp3) is 0.500. The van der Waals surface area contributed by atoms with Gasteiger partial charge in [-0.05, 0) is 44.2 Å². The highest BCUT2D eigenvalue weighted by Crippen LogP contribution is 2.39. The first-order valence-corrected chi connectivity index (χ1v) is 7.96. The van der Waals surface area contributed by atoms with Gasteiger partial charge in [0.25, 0.3) is 5.91 Å². The van der Waals surface area contributed by atoms with Crippen LogP contribution in [0.15, 0.2) is 24.5 Å². The first kappa shape index (κ1) is 13.4. The highest BCUT2D eigenvalue weighted by molar-refractivity contribution is 5.94. The van der Waals surface area contributed by atoms with E-state index in [2.05, 4.69) is 20.2 Å². The standard InChI is InChI=1S/C16H19N5O/c22-16(12-4-3-8-17-10-12)21-9-2-1-5-13(21)15-18-14(19-20-15)11-6-7-11/h3-4,8,10-11,13H,1-2,5-7,9H2,(H,18,19,20). The van der Waals surface area contributed by atoms with Gasteiger partial charge in [0.15, 0.2) is 5.82 Å². The molecule has 0 bridgehead atoms. The number of amides is 1. The topological polar surface area (TPSA) is 74.8 Å². The molecule has 22 heavy (non-hydrogen) atoms. The molecule has 1 aliphatic heterocycles. The van der Waals surface area contributed by atoms with E-state index in [-0.39, 0.29) is 11.9 Å². The number of hydrogen-bond acceptors (Lipinski definition) is 4. The van der Waals surface area contributed by atoms with E-state index in [9.17, 15) is 4.79 Å². The van der Waals surface area contributed by atoms with Gasteiger partial charge in [0.2, 0.25) is 0 Å². The van der Waals surface area contributed by atoms with Crippen LogP contribution >= 0.6 is 0 Å². The maximum absolute atomic E-state index is 12.8. The smallest absolute Gasteiger partial charge is 0.256 e. The SMILES string of the molecule is O=C(c1cccnc1)N1CCCCC1c1nc(C2CC2)n[nH]1. The van der Waals surface area contributed by atoms with Crippen molar-refractivity contribution in [2.75, 3.05) is 6.54 Å². The van der Waals surface area contributed by atoms with Crippen molar-refractivity contribution in [1.82, 2.24) is 25.1 Å². The molecule has 2 aliphatic rings. The third kappa shape index (κ3) is 2.49. The Morgan fingerprint density at radius 1 is 1.27 bits per heavy atom. The number of rotatable bonds is 3. The first-order chi connectivity index (χ1) is 10.8. The monoisotopic (exact) mass is 297 g/mol. The Bertz CT molecular complexity index is 664. The van der Waals surface area contributed by atoms with Crippen molar-refractivity contribution in [1.29, 1.82) is 0 Å². The van der Waals surface area contributed by atoms with E-state index in [1.165, 1.54) is 12.8 Å². The summed E-state index contributed by atoms with van der Waals surface area (Å²) in [5, 5.41) is 7.40. The summed E-state index contributed by atoms with van der Waals surface area (Å²) in [4.78, 5) is 23.4. The molecule has 0 aromatic carbocycles. The summed E-state index contributed by atoms with van der Waals surface area (Å²) in [6, 6.07) is 3.62. The van der Waals surface area contributed by atoms with Crippen LogP contribution in [-0.4, -0.2) is 37.5 Å². The van der Waals surface area contributed by atoms with Crippen LogP contribution in [0, 0.1) is 0 Å². The van der Waals surface area contributed by atoms with E-state index in [4.69, 9.17) is 0 Å². The molecule has 1 saturated heterocycles. The van der Waals surface area contributed by atoms with E-state index in [1.807, 2.05) is 11.0 Å². The van der Waals surface area contributed by atoms with Gasteiger partial charge in [0.05, 0.1) is 11.6 Å². The predicted molar refractivity (Wildman–Crippen MR) is 80.2 cm³/mol. The lowest BCUT2D eigenvalue weighted by Crippen LogP contribution is -2.39. The van der Waals surface area contributed by atoms with Gasteiger partial charge >= 0.3 is 0 Å². The van der Waals surface area contributed by atoms with E-state index in [0.29, 0.717) is 11.5 Å². The number of pyridine rings is 1. The van der Waals surface area contributed by atoms with Crippen molar-refractivity contribution in [3.05, 3.63) is 41.7 Å². The molecule has 114 valence electrons. The number of carbonyl (C=O) groups is 1. The van der Waals surface area contributed by atoms with Gasteiger partial charge in [-0.1, -0.05) is 0 Å². The maximum Gasteiger partial charge on any atom is 0.256 e. The highest BCUT2D eigenvalue weighted by atomic mass is 16.2. The van der Waals surface area contributed by atoms with Crippen molar-refractivity contribution >= 4 is 5.91 Å². The molecule has 1 unspecified atom stereocenters. The molecule has 2 aromatic rings. The lowest BCUT2D eigenvalue weighted by molar-refractivity contribution is 0.0600. The number of nitrogens with one attached hydrogen (secondary N) is 1. The number of piperidine rings is 1. The second kappa shape index (κ2) is 5.51. The largest absolute Gasteiger partial charge is 0.328 e. The summed E-state index contributed by atoms with van der Waals surface area (Å²) in [6.07, 6.45) is 8.76. The summed E-state index contributed by atoms with van der Waals surface area (Å²) in [5.41, 5.74) is 0.635. The van der Waals surface area contributed by atoms with E-state index < -0.39 is 0 Å². The van der Waals surface area contributed by atoms with Crippen molar-refractivity contribution < 1.29 is 4.79 Å². The molecule has 0 spiro atoms. The van der Waals surface area contributed by atoms with Gasteiger partial charge in [-0.2, -0.15) is 5.10 Å². The second-order valence-electron chi connectivity index (χ2n) is 6.10. The van der Waals surface area contributed by atoms with Gasteiger partial charge in [0, 0.05) is 24.9 Å². The van der Waals surface area contributed by atoms with Crippen molar-refractivity contribution in [3.8, 4) is 0 Å². The summed E-state index contributed by atoms with van der Waals surface area (Å²) in [7, 11) is 0. The average Bonchev–Trinajstić information content (AvgIpc) is 3.32. The minimum atomic E-state index is 0.00135. The fourth-order valence-electron chi connectivity index (χ4n) is 3.08. The van der Waals surface area contributed by atoms with Crippen LogP contribution in [0.1, 0.15) is 66.1 Å². The van der Waals surface area contributed by atoms with Crippen molar-refractivity contribution in [2.45, 2.75) is 44.1 Å². The zero-order chi connectivity index (χ0) is 14.9. The van der Waals surface area contributed by atoms with Gasteiger partial charge in [-0.15, -0.1) is 0 Å². The molecule has 2 fully saturated rings. The Hall–Kier alpha value is -2.24. The van der Waals surface area contributed by atoms with Gasteiger partial charge in [-0.25, -0.2) is 4.98 Å². The van der Waals surface area contributed by atoms with Crippen LogP contribution in [0.25, 0.3) is 0 Å². The quantitative estimate of drug-likeness (QED) is 0.944. The summed E-state index contributed by atoms with van der Waals surface area (Å²) < 4.78 is 0. The van der Waals surface area contributed by atoms with E-state index in [0.717, 1.165) is 37.5 Å². The van der Waals surface area contributed by atoms with Crippen LogP contribution < -0.4 is 0 Å². The Labute approximate surface area is 129 Å². The Morgan fingerprint density at radius 3 is 2.95 bits per heavy atom.